The molecule has 9 heteroatoms. The van der Waals surface area contributed by atoms with Gasteiger partial charge in [-0.15, -0.1) is 23.5 Å². The molecule has 3 amide bonds. The average molecular weight is 428 g/mol. The van der Waals surface area contributed by atoms with Gasteiger partial charge in [-0.25, -0.2) is 0 Å². The number of amides is 3. The molecule has 1 aliphatic carbocycles. The summed E-state index contributed by atoms with van der Waals surface area (Å²) in [6, 6.07) is 1.72. The molecule has 27 heavy (non-hydrogen) atoms. The van der Waals surface area contributed by atoms with Gasteiger partial charge in [0.15, 0.2) is 0 Å². The van der Waals surface area contributed by atoms with Gasteiger partial charge in [0.05, 0.1) is 12.6 Å². The van der Waals surface area contributed by atoms with Crippen molar-refractivity contribution in [3.05, 3.63) is 22.4 Å². The highest BCUT2D eigenvalue weighted by Gasteiger charge is 2.36. The minimum absolute atomic E-state index is 0.0157. The fourth-order valence-electron chi connectivity index (χ4n) is 2.99. The number of thioether (sulfide) groups is 2. The number of thiophene rings is 1. The summed E-state index contributed by atoms with van der Waals surface area (Å²) < 4.78 is -0.0375. The van der Waals surface area contributed by atoms with Gasteiger partial charge in [0, 0.05) is 24.5 Å². The van der Waals surface area contributed by atoms with Crippen LogP contribution < -0.4 is 10.6 Å². The Morgan fingerprint density at radius 3 is 2.59 bits per heavy atom. The molecule has 2 fully saturated rings. The number of carbonyl (C=O) groups is 3. The van der Waals surface area contributed by atoms with Gasteiger partial charge in [-0.1, -0.05) is 0 Å². The predicted molar refractivity (Wildman–Crippen MR) is 112 cm³/mol. The second kappa shape index (κ2) is 9.84. The maximum absolute atomic E-state index is 12.5. The first-order valence-corrected chi connectivity index (χ1v) is 12.2. The van der Waals surface area contributed by atoms with Crippen LogP contribution in [-0.2, 0) is 9.59 Å². The maximum Gasteiger partial charge on any atom is 0.252 e. The standard InChI is InChI=1S/C18H25N3O3S3/c1-21(15(22)10-20-16(23)13-5-8-25-11-13)14(12-3-4-12)9-19-17(24)18-26-6-2-7-27-18/h5,8,11-12,14,18H,2-4,6-7,9-10H2,1H3,(H,19,24)(H,20,23). The van der Waals surface area contributed by atoms with Crippen molar-refractivity contribution in [3.8, 4) is 0 Å². The van der Waals surface area contributed by atoms with Crippen molar-refractivity contribution in [2.45, 2.75) is 29.9 Å². The normalized spacial score (nSPS) is 18.6. The highest BCUT2D eigenvalue weighted by atomic mass is 32.2. The van der Waals surface area contributed by atoms with Crippen molar-refractivity contribution in [1.29, 1.82) is 0 Å². The SMILES string of the molecule is CN(C(=O)CNC(=O)c1ccsc1)C(CNC(=O)C1SCCCS1)C1CC1. The molecule has 2 heterocycles. The van der Waals surface area contributed by atoms with E-state index in [2.05, 4.69) is 10.6 Å². The fraction of sp³-hybridized carbons (Fsp3) is 0.611. The quantitative estimate of drug-likeness (QED) is 0.664. The lowest BCUT2D eigenvalue weighted by molar-refractivity contribution is -0.131. The van der Waals surface area contributed by atoms with Crippen LogP contribution in [0.25, 0.3) is 0 Å². The van der Waals surface area contributed by atoms with Gasteiger partial charge in [-0.05, 0) is 48.1 Å². The summed E-state index contributed by atoms with van der Waals surface area (Å²) in [4.78, 5) is 38.6. The Balaban J connectivity index is 1.47. The van der Waals surface area contributed by atoms with Crippen LogP contribution in [0, 0.1) is 5.92 Å². The van der Waals surface area contributed by atoms with E-state index in [0.717, 1.165) is 30.8 Å². The molecule has 1 saturated heterocycles. The zero-order valence-electron chi connectivity index (χ0n) is 15.3. The van der Waals surface area contributed by atoms with Gasteiger partial charge in [-0.2, -0.15) is 11.3 Å². The van der Waals surface area contributed by atoms with E-state index < -0.39 is 0 Å². The Kier molecular flexibility index (Phi) is 7.49. The number of nitrogens with zero attached hydrogens (tertiary/aromatic N) is 1. The lowest BCUT2D eigenvalue weighted by atomic mass is 10.1. The molecule has 0 radical (unpaired) electrons. The third kappa shape index (κ3) is 5.89. The number of carbonyl (C=O) groups excluding carboxylic acids is 3. The largest absolute Gasteiger partial charge is 0.352 e. The van der Waals surface area contributed by atoms with Crippen molar-refractivity contribution in [2.24, 2.45) is 5.92 Å². The van der Waals surface area contributed by atoms with Crippen molar-refractivity contribution in [1.82, 2.24) is 15.5 Å². The van der Waals surface area contributed by atoms with Gasteiger partial charge in [0.25, 0.3) is 5.91 Å². The third-order valence-electron chi connectivity index (χ3n) is 4.77. The summed E-state index contributed by atoms with van der Waals surface area (Å²) in [5.74, 6) is 2.17. The Morgan fingerprint density at radius 2 is 1.96 bits per heavy atom. The second-order valence-corrected chi connectivity index (χ2v) is 10.3. The van der Waals surface area contributed by atoms with Crippen LogP contribution in [0.2, 0.25) is 0 Å². The molecule has 1 aromatic rings. The van der Waals surface area contributed by atoms with Crippen LogP contribution in [0.15, 0.2) is 16.8 Å². The van der Waals surface area contributed by atoms with Crippen molar-refractivity contribution in [3.63, 3.8) is 0 Å². The Labute approximate surface area is 172 Å². The van der Waals surface area contributed by atoms with Crippen LogP contribution in [0.3, 0.4) is 0 Å². The van der Waals surface area contributed by atoms with Crippen LogP contribution in [-0.4, -0.2) is 64.9 Å². The van der Waals surface area contributed by atoms with Crippen molar-refractivity contribution in [2.75, 3.05) is 31.6 Å². The average Bonchev–Trinajstić information content (AvgIpc) is 3.38. The van der Waals surface area contributed by atoms with Gasteiger partial charge in [0.2, 0.25) is 11.8 Å². The fourth-order valence-corrected chi connectivity index (χ4v) is 6.29. The molecule has 1 saturated carbocycles. The van der Waals surface area contributed by atoms with Gasteiger partial charge < -0.3 is 15.5 Å². The van der Waals surface area contributed by atoms with Crippen LogP contribution >= 0.6 is 34.9 Å². The predicted octanol–water partition coefficient (Wildman–Crippen LogP) is 2.03. The Bertz CT molecular complexity index is 658. The van der Waals surface area contributed by atoms with E-state index in [1.165, 1.54) is 11.3 Å². The van der Waals surface area contributed by atoms with Gasteiger partial charge >= 0.3 is 0 Å². The lowest BCUT2D eigenvalue weighted by Crippen LogP contribution is -2.50. The molecule has 1 atom stereocenters. The van der Waals surface area contributed by atoms with E-state index in [9.17, 15) is 14.4 Å². The number of hydrogen-bond donors (Lipinski definition) is 2. The molecule has 148 valence electrons. The highest BCUT2D eigenvalue weighted by Crippen LogP contribution is 2.35. The van der Waals surface area contributed by atoms with Gasteiger partial charge in [-0.3, -0.25) is 14.4 Å². The molecule has 1 unspecified atom stereocenters. The smallest absolute Gasteiger partial charge is 0.252 e. The van der Waals surface area contributed by atoms with Gasteiger partial charge in [0.1, 0.15) is 4.58 Å². The minimum Gasteiger partial charge on any atom is -0.352 e. The molecule has 1 aromatic heterocycles. The molecule has 1 aliphatic heterocycles. The topological polar surface area (TPSA) is 78.5 Å². The zero-order valence-corrected chi connectivity index (χ0v) is 17.8. The third-order valence-corrected chi connectivity index (χ3v) is 8.35. The van der Waals surface area contributed by atoms with Crippen molar-refractivity contribution < 1.29 is 14.4 Å². The monoisotopic (exact) mass is 427 g/mol. The molecule has 2 N–H and O–H groups in total. The number of hydrogen-bond acceptors (Lipinski definition) is 6. The minimum atomic E-state index is -0.236. The summed E-state index contributed by atoms with van der Waals surface area (Å²) in [5, 5.41) is 9.30. The summed E-state index contributed by atoms with van der Waals surface area (Å²) in [7, 11) is 1.76. The van der Waals surface area contributed by atoms with E-state index in [-0.39, 0.29) is 34.9 Å². The van der Waals surface area contributed by atoms with E-state index >= 15 is 0 Å². The number of likely N-dealkylation sites (N-methyl/N-ethyl adjacent to an activating group) is 1. The molecular weight excluding hydrogens is 402 g/mol. The first kappa shape index (κ1) is 20.5. The summed E-state index contributed by atoms with van der Waals surface area (Å²) >= 11 is 4.84. The Morgan fingerprint density at radius 1 is 1.22 bits per heavy atom. The molecule has 6 nitrogen and oxygen atoms in total. The summed E-state index contributed by atoms with van der Waals surface area (Å²) in [6.07, 6.45) is 3.30. The second-order valence-electron chi connectivity index (χ2n) is 6.78. The highest BCUT2D eigenvalue weighted by molar-refractivity contribution is 8.18. The lowest BCUT2D eigenvalue weighted by Gasteiger charge is -2.29. The zero-order chi connectivity index (χ0) is 19.2. The van der Waals surface area contributed by atoms with E-state index in [1.54, 1.807) is 46.9 Å². The molecule has 0 spiro atoms. The van der Waals surface area contributed by atoms with Crippen LogP contribution in [0.5, 0.6) is 0 Å². The molecule has 3 rings (SSSR count). The van der Waals surface area contributed by atoms with Crippen LogP contribution in [0.4, 0.5) is 0 Å². The molecular formula is C18H25N3O3S3. The van der Waals surface area contributed by atoms with Crippen molar-refractivity contribution >= 4 is 52.6 Å². The molecule has 2 aliphatic rings. The molecule has 0 bridgehead atoms. The van der Waals surface area contributed by atoms with E-state index in [1.807, 2.05) is 5.38 Å². The van der Waals surface area contributed by atoms with E-state index in [0.29, 0.717) is 18.0 Å². The molecule has 0 aromatic carbocycles. The first-order chi connectivity index (χ1) is 13.1. The number of nitrogens with one attached hydrogen (secondary N) is 2. The maximum atomic E-state index is 12.5. The number of rotatable bonds is 8. The summed E-state index contributed by atoms with van der Waals surface area (Å²) in [5.41, 5.74) is 0.573. The Hall–Kier alpha value is -1.19. The van der Waals surface area contributed by atoms with E-state index in [4.69, 9.17) is 0 Å². The van der Waals surface area contributed by atoms with Crippen LogP contribution in [0.1, 0.15) is 29.6 Å². The summed E-state index contributed by atoms with van der Waals surface area (Å²) in [6.45, 7) is 0.443. The first-order valence-electron chi connectivity index (χ1n) is 9.13.